The van der Waals surface area contributed by atoms with E-state index in [0.717, 1.165) is 22.9 Å². The number of carboxylic acids is 1. The van der Waals surface area contributed by atoms with Gasteiger partial charge in [-0.15, -0.1) is 0 Å². The monoisotopic (exact) mass is 542 g/mol. The molecule has 0 radical (unpaired) electrons. The smallest absolute Gasteiger partial charge is 0.326 e. The maximum absolute atomic E-state index is 13.7. The Morgan fingerprint density at radius 3 is 2.59 bits per heavy atom. The van der Waals surface area contributed by atoms with Gasteiger partial charge in [-0.1, -0.05) is 44.9 Å². The quantitative estimate of drug-likeness (QED) is 0.194. The third-order valence-corrected chi connectivity index (χ3v) is 7.64. The van der Waals surface area contributed by atoms with E-state index in [1.807, 2.05) is 38.1 Å². The number of rotatable bonds is 14. The van der Waals surface area contributed by atoms with E-state index in [9.17, 15) is 24.3 Å². The molecule has 5 atom stereocenters. The normalized spacial score (nSPS) is 18.4. The van der Waals surface area contributed by atoms with Gasteiger partial charge in [0.05, 0.1) is 6.04 Å². The molecule has 1 aromatic carbocycles. The van der Waals surface area contributed by atoms with E-state index in [2.05, 4.69) is 15.6 Å². The van der Waals surface area contributed by atoms with E-state index < -0.39 is 47.9 Å². The van der Waals surface area contributed by atoms with E-state index >= 15 is 0 Å². The number of hydrogen-bond acceptors (Lipinski definition) is 6. The number of aliphatic carboxylic acids is 1. The van der Waals surface area contributed by atoms with Crippen molar-refractivity contribution in [2.24, 2.45) is 17.4 Å². The molecule has 1 fully saturated rings. The molecule has 8 N–H and O–H groups in total. The number of carbonyl (C=O) groups is 4. The van der Waals surface area contributed by atoms with Crippen LogP contribution in [0.25, 0.3) is 10.9 Å². The lowest BCUT2D eigenvalue weighted by molar-refractivity contribution is -0.150. The van der Waals surface area contributed by atoms with Crippen molar-refractivity contribution in [2.45, 2.75) is 83.0 Å². The second-order valence-electron chi connectivity index (χ2n) is 10.4. The first-order chi connectivity index (χ1) is 18.7. The SMILES string of the molecule is CCC(C)C(NC(=O)C(Cc1c[nH]c2ccccc12)NC(=O)C(N)CCCCN)C(=O)N1CCCC1C(=O)O. The fraction of sp³-hybridized carbons (Fsp3) is 0.571. The maximum atomic E-state index is 13.7. The van der Waals surface area contributed by atoms with Gasteiger partial charge < -0.3 is 37.1 Å². The van der Waals surface area contributed by atoms with Crippen LogP contribution in [0.1, 0.15) is 57.9 Å². The highest BCUT2D eigenvalue weighted by atomic mass is 16.4. The number of aromatic amines is 1. The minimum absolute atomic E-state index is 0.181. The molecule has 0 bridgehead atoms. The van der Waals surface area contributed by atoms with Crippen molar-refractivity contribution in [3.63, 3.8) is 0 Å². The second kappa shape index (κ2) is 14.1. The molecule has 5 unspecified atom stereocenters. The first-order valence-corrected chi connectivity index (χ1v) is 13.8. The Balaban J connectivity index is 1.84. The number of fused-ring (bicyclic) bond motifs is 1. The number of amides is 3. The number of carboxylic acid groups (broad SMARTS) is 1. The molecule has 3 rings (SSSR count). The van der Waals surface area contributed by atoms with E-state index in [0.29, 0.717) is 45.2 Å². The van der Waals surface area contributed by atoms with E-state index in [1.165, 1.54) is 4.90 Å². The van der Waals surface area contributed by atoms with Crippen molar-refractivity contribution in [2.75, 3.05) is 13.1 Å². The van der Waals surface area contributed by atoms with Crippen LogP contribution in [0, 0.1) is 5.92 Å². The van der Waals surface area contributed by atoms with Crippen LogP contribution in [0.15, 0.2) is 30.5 Å². The summed E-state index contributed by atoms with van der Waals surface area (Å²) < 4.78 is 0. The zero-order valence-electron chi connectivity index (χ0n) is 22.8. The predicted octanol–water partition coefficient (Wildman–Crippen LogP) is 1.26. The Labute approximate surface area is 229 Å². The van der Waals surface area contributed by atoms with Gasteiger partial charge >= 0.3 is 5.97 Å². The van der Waals surface area contributed by atoms with Crippen LogP contribution in [0.2, 0.25) is 0 Å². The van der Waals surface area contributed by atoms with Gasteiger partial charge in [0, 0.05) is 30.1 Å². The van der Waals surface area contributed by atoms with Gasteiger partial charge in [0.15, 0.2) is 0 Å². The highest BCUT2D eigenvalue weighted by molar-refractivity contribution is 5.95. The molecule has 1 saturated heterocycles. The molecule has 2 heterocycles. The zero-order valence-corrected chi connectivity index (χ0v) is 22.8. The fourth-order valence-electron chi connectivity index (χ4n) is 5.05. The molecule has 39 heavy (non-hydrogen) atoms. The standard InChI is InChI=1S/C28H42N6O5/c1-3-17(2)24(27(37)34-14-8-12-23(34)28(38)39)33-26(36)22(32-25(35)20(30)10-6-7-13-29)15-18-16-31-21-11-5-4-9-19(18)21/h4-5,9,11,16-17,20,22-24,31H,3,6-8,10,12-15,29-30H2,1-2H3,(H,32,35)(H,33,36)(H,38,39). The molecule has 0 spiro atoms. The summed E-state index contributed by atoms with van der Waals surface area (Å²) in [5.41, 5.74) is 13.4. The van der Waals surface area contributed by atoms with Crippen molar-refractivity contribution in [1.82, 2.24) is 20.5 Å². The third kappa shape index (κ3) is 7.57. The van der Waals surface area contributed by atoms with Crippen LogP contribution >= 0.6 is 0 Å². The van der Waals surface area contributed by atoms with Gasteiger partial charge in [0.1, 0.15) is 18.1 Å². The van der Waals surface area contributed by atoms with Gasteiger partial charge in [0.25, 0.3) is 0 Å². The number of nitrogens with one attached hydrogen (secondary N) is 3. The van der Waals surface area contributed by atoms with Crippen molar-refractivity contribution < 1.29 is 24.3 Å². The molecule has 3 amide bonds. The van der Waals surface area contributed by atoms with Crippen LogP contribution < -0.4 is 22.1 Å². The Hall–Kier alpha value is -3.44. The summed E-state index contributed by atoms with van der Waals surface area (Å²) in [6.45, 7) is 4.58. The van der Waals surface area contributed by atoms with Crippen LogP contribution in [0.4, 0.5) is 0 Å². The molecule has 214 valence electrons. The van der Waals surface area contributed by atoms with Crippen molar-refractivity contribution in [3.8, 4) is 0 Å². The first-order valence-electron chi connectivity index (χ1n) is 13.8. The number of nitrogens with zero attached hydrogens (tertiary/aromatic N) is 1. The number of likely N-dealkylation sites (tertiary alicyclic amines) is 1. The summed E-state index contributed by atoms with van der Waals surface area (Å²) >= 11 is 0. The molecule has 11 nitrogen and oxygen atoms in total. The maximum Gasteiger partial charge on any atom is 0.326 e. The number of para-hydroxylation sites is 1. The van der Waals surface area contributed by atoms with Gasteiger partial charge in [-0.25, -0.2) is 4.79 Å². The molecule has 11 heteroatoms. The van der Waals surface area contributed by atoms with E-state index in [4.69, 9.17) is 11.5 Å². The average Bonchev–Trinajstić information content (AvgIpc) is 3.58. The molecular formula is C28H42N6O5. The molecule has 1 aliphatic heterocycles. The number of hydrogen-bond donors (Lipinski definition) is 6. The van der Waals surface area contributed by atoms with Crippen LogP contribution in [0.5, 0.6) is 0 Å². The third-order valence-electron chi connectivity index (χ3n) is 7.64. The summed E-state index contributed by atoms with van der Waals surface area (Å²) in [6.07, 6.45) is 5.41. The largest absolute Gasteiger partial charge is 0.480 e. The van der Waals surface area contributed by atoms with Crippen molar-refractivity contribution in [3.05, 3.63) is 36.0 Å². The first kappa shape index (κ1) is 30.1. The predicted molar refractivity (Wildman–Crippen MR) is 149 cm³/mol. The molecule has 1 aromatic heterocycles. The van der Waals surface area contributed by atoms with Gasteiger partial charge in [0.2, 0.25) is 17.7 Å². The molecule has 0 saturated carbocycles. The van der Waals surface area contributed by atoms with Gasteiger partial charge in [-0.2, -0.15) is 0 Å². The Morgan fingerprint density at radius 1 is 1.15 bits per heavy atom. The zero-order chi connectivity index (χ0) is 28.5. The lowest BCUT2D eigenvalue weighted by Crippen LogP contribution is -2.59. The number of nitrogens with two attached hydrogens (primary N) is 2. The molecule has 0 aliphatic carbocycles. The van der Waals surface area contributed by atoms with Crippen LogP contribution in [-0.4, -0.2) is 75.9 Å². The molecule has 1 aliphatic rings. The number of aromatic nitrogens is 1. The Bertz CT molecular complexity index is 1150. The van der Waals surface area contributed by atoms with E-state index in [-0.39, 0.29) is 12.3 Å². The molecular weight excluding hydrogens is 500 g/mol. The number of carbonyl (C=O) groups excluding carboxylic acids is 3. The van der Waals surface area contributed by atoms with E-state index in [1.54, 1.807) is 6.20 Å². The Morgan fingerprint density at radius 2 is 1.90 bits per heavy atom. The highest BCUT2D eigenvalue weighted by Gasteiger charge is 2.40. The van der Waals surface area contributed by atoms with Crippen LogP contribution in [0.3, 0.4) is 0 Å². The van der Waals surface area contributed by atoms with Crippen molar-refractivity contribution in [1.29, 1.82) is 0 Å². The fourth-order valence-corrected chi connectivity index (χ4v) is 5.05. The van der Waals surface area contributed by atoms with Gasteiger partial charge in [-0.05, 0) is 49.8 Å². The second-order valence-corrected chi connectivity index (χ2v) is 10.4. The van der Waals surface area contributed by atoms with Crippen molar-refractivity contribution >= 4 is 34.6 Å². The lowest BCUT2D eigenvalue weighted by Gasteiger charge is -2.31. The van der Waals surface area contributed by atoms with Crippen LogP contribution in [-0.2, 0) is 25.6 Å². The molecule has 2 aromatic rings. The number of H-pyrrole nitrogens is 1. The minimum atomic E-state index is -1.05. The number of benzene rings is 1. The summed E-state index contributed by atoms with van der Waals surface area (Å²) in [5.74, 6) is -2.70. The topological polar surface area (TPSA) is 184 Å². The summed E-state index contributed by atoms with van der Waals surface area (Å²) in [4.78, 5) is 56.5. The summed E-state index contributed by atoms with van der Waals surface area (Å²) in [7, 11) is 0. The summed E-state index contributed by atoms with van der Waals surface area (Å²) in [6, 6.07) is 4.02. The highest BCUT2D eigenvalue weighted by Crippen LogP contribution is 2.22. The average molecular weight is 543 g/mol. The lowest BCUT2D eigenvalue weighted by atomic mass is 9.96. The summed E-state index contributed by atoms with van der Waals surface area (Å²) in [5, 5.41) is 16.2. The Kier molecular flexibility index (Phi) is 10.9. The van der Waals surface area contributed by atoms with Gasteiger partial charge in [-0.3, -0.25) is 14.4 Å². The minimum Gasteiger partial charge on any atom is -0.480 e. The number of unbranched alkanes of at least 4 members (excludes halogenated alkanes) is 1.